The molecule has 1 atom stereocenters. The van der Waals surface area contributed by atoms with Gasteiger partial charge in [-0.3, -0.25) is 0 Å². The van der Waals surface area contributed by atoms with Crippen molar-refractivity contribution in [2.45, 2.75) is 6.04 Å². The SMILES string of the molecule is COC(=O)NC(CSC)C(=O)OC. The molecule has 1 unspecified atom stereocenters. The van der Waals surface area contributed by atoms with E-state index < -0.39 is 18.1 Å². The van der Waals surface area contributed by atoms with Crippen LogP contribution in [0.4, 0.5) is 4.79 Å². The van der Waals surface area contributed by atoms with Crippen LogP contribution >= 0.6 is 11.8 Å². The normalized spacial score (nSPS) is 11.6. The highest BCUT2D eigenvalue weighted by Gasteiger charge is 2.20. The van der Waals surface area contributed by atoms with Crippen LogP contribution in [0.25, 0.3) is 0 Å². The van der Waals surface area contributed by atoms with Gasteiger partial charge in [0.05, 0.1) is 14.2 Å². The van der Waals surface area contributed by atoms with Gasteiger partial charge in [0.1, 0.15) is 6.04 Å². The van der Waals surface area contributed by atoms with E-state index in [1.54, 1.807) is 0 Å². The number of methoxy groups -OCH3 is 2. The summed E-state index contributed by atoms with van der Waals surface area (Å²) in [6.07, 6.45) is 1.19. The van der Waals surface area contributed by atoms with Crippen molar-refractivity contribution in [3.8, 4) is 0 Å². The maximum atomic E-state index is 11.0. The van der Waals surface area contributed by atoms with E-state index in [-0.39, 0.29) is 0 Å². The number of nitrogens with one attached hydrogen (secondary N) is 1. The van der Waals surface area contributed by atoms with Gasteiger partial charge in [0.25, 0.3) is 0 Å². The maximum absolute atomic E-state index is 11.0. The topological polar surface area (TPSA) is 64.6 Å². The Labute approximate surface area is 81.2 Å². The van der Waals surface area contributed by atoms with Gasteiger partial charge in [-0.2, -0.15) is 11.8 Å². The summed E-state index contributed by atoms with van der Waals surface area (Å²) in [5, 5.41) is 2.36. The number of esters is 1. The predicted octanol–water partition coefficient (Wildman–Crippen LogP) is 0.247. The molecule has 0 saturated carbocycles. The Morgan fingerprint density at radius 2 is 2.00 bits per heavy atom. The molecule has 0 aliphatic rings. The first kappa shape index (κ1) is 12.1. The van der Waals surface area contributed by atoms with Crippen molar-refractivity contribution in [2.24, 2.45) is 0 Å². The van der Waals surface area contributed by atoms with E-state index >= 15 is 0 Å². The van der Waals surface area contributed by atoms with Crippen molar-refractivity contribution in [3.63, 3.8) is 0 Å². The van der Waals surface area contributed by atoms with Crippen LogP contribution in [0, 0.1) is 0 Å². The van der Waals surface area contributed by atoms with Gasteiger partial charge < -0.3 is 14.8 Å². The lowest BCUT2D eigenvalue weighted by atomic mass is 10.3. The van der Waals surface area contributed by atoms with E-state index in [1.165, 1.54) is 26.0 Å². The first-order chi connectivity index (χ1) is 6.15. The number of alkyl carbamates (subject to hydrolysis) is 1. The summed E-state index contributed by atoms with van der Waals surface area (Å²) in [5.74, 6) is -0.0124. The van der Waals surface area contributed by atoms with Gasteiger partial charge in [-0.15, -0.1) is 0 Å². The van der Waals surface area contributed by atoms with Gasteiger partial charge in [0.2, 0.25) is 0 Å². The Hall–Kier alpha value is -0.910. The van der Waals surface area contributed by atoms with Gasteiger partial charge in [-0.1, -0.05) is 0 Å². The summed E-state index contributed by atoms with van der Waals surface area (Å²) >= 11 is 1.43. The van der Waals surface area contributed by atoms with Crippen molar-refractivity contribution in [2.75, 3.05) is 26.2 Å². The van der Waals surface area contributed by atoms with E-state index in [2.05, 4.69) is 14.8 Å². The van der Waals surface area contributed by atoms with E-state index in [4.69, 9.17) is 0 Å². The highest BCUT2D eigenvalue weighted by molar-refractivity contribution is 7.98. The summed E-state index contributed by atoms with van der Waals surface area (Å²) in [5.41, 5.74) is 0. The second kappa shape index (κ2) is 6.59. The molecule has 76 valence electrons. The Bertz CT molecular complexity index is 185. The molecule has 0 spiro atoms. The number of rotatable bonds is 4. The Kier molecular flexibility index (Phi) is 6.13. The molecule has 1 amide bonds. The van der Waals surface area contributed by atoms with Crippen molar-refractivity contribution >= 4 is 23.8 Å². The van der Waals surface area contributed by atoms with Crippen LogP contribution in [0.1, 0.15) is 0 Å². The van der Waals surface area contributed by atoms with Crippen LogP contribution < -0.4 is 5.32 Å². The first-order valence-corrected chi connectivity index (χ1v) is 4.96. The molecule has 0 aliphatic carbocycles. The molecule has 1 N–H and O–H groups in total. The second-order valence-corrected chi connectivity index (χ2v) is 3.08. The lowest BCUT2D eigenvalue weighted by Gasteiger charge is -2.13. The van der Waals surface area contributed by atoms with Crippen LogP contribution in [0.2, 0.25) is 0 Å². The highest BCUT2D eigenvalue weighted by Crippen LogP contribution is 1.99. The molecule has 0 aromatic heterocycles. The van der Waals surface area contributed by atoms with E-state index in [0.29, 0.717) is 5.75 Å². The molecule has 0 aliphatic heterocycles. The maximum Gasteiger partial charge on any atom is 0.407 e. The van der Waals surface area contributed by atoms with Gasteiger partial charge in [-0.25, -0.2) is 9.59 Å². The monoisotopic (exact) mass is 207 g/mol. The van der Waals surface area contributed by atoms with Crippen LogP contribution in [0.5, 0.6) is 0 Å². The molecule has 0 saturated heterocycles. The van der Waals surface area contributed by atoms with Gasteiger partial charge in [-0.05, 0) is 6.26 Å². The third-order valence-electron chi connectivity index (χ3n) is 1.30. The molecule has 0 aromatic rings. The number of thioether (sulfide) groups is 1. The van der Waals surface area contributed by atoms with Crippen LogP contribution in [-0.4, -0.2) is 44.3 Å². The fourth-order valence-corrected chi connectivity index (χ4v) is 1.23. The first-order valence-electron chi connectivity index (χ1n) is 3.57. The zero-order valence-electron chi connectivity index (χ0n) is 7.83. The molecule has 0 rings (SSSR count). The van der Waals surface area contributed by atoms with Crippen molar-refractivity contribution in [1.82, 2.24) is 5.32 Å². The van der Waals surface area contributed by atoms with Gasteiger partial charge in [0.15, 0.2) is 0 Å². The third-order valence-corrected chi connectivity index (χ3v) is 1.96. The van der Waals surface area contributed by atoms with Crippen molar-refractivity contribution in [3.05, 3.63) is 0 Å². The smallest absolute Gasteiger partial charge is 0.407 e. The highest BCUT2D eigenvalue weighted by atomic mass is 32.2. The minimum absolute atomic E-state index is 0.460. The summed E-state index contributed by atoms with van der Waals surface area (Å²) < 4.78 is 8.84. The number of ether oxygens (including phenoxy) is 2. The van der Waals surface area contributed by atoms with E-state index in [0.717, 1.165) is 0 Å². The Morgan fingerprint density at radius 1 is 1.38 bits per heavy atom. The molecule has 0 fully saturated rings. The van der Waals surface area contributed by atoms with E-state index in [1.807, 2.05) is 6.26 Å². The van der Waals surface area contributed by atoms with Crippen LogP contribution in [0.15, 0.2) is 0 Å². The van der Waals surface area contributed by atoms with Gasteiger partial charge >= 0.3 is 12.1 Å². The molecule has 0 bridgehead atoms. The van der Waals surface area contributed by atoms with E-state index in [9.17, 15) is 9.59 Å². The zero-order chi connectivity index (χ0) is 10.3. The molecule has 0 radical (unpaired) electrons. The number of carbonyl (C=O) groups is 2. The second-order valence-electron chi connectivity index (χ2n) is 2.17. The summed E-state index contributed by atoms with van der Waals surface area (Å²) in [7, 11) is 2.51. The standard InChI is InChI=1S/C7H13NO4S/c1-11-6(9)5(4-13-3)8-7(10)12-2/h5H,4H2,1-3H3,(H,8,10). The lowest BCUT2D eigenvalue weighted by Crippen LogP contribution is -2.43. The summed E-state index contributed by atoms with van der Waals surface area (Å²) in [6, 6.07) is -0.646. The molecular weight excluding hydrogens is 194 g/mol. The van der Waals surface area contributed by atoms with Crippen molar-refractivity contribution < 1.29 is 19.1 Å². The van der Waals surface area contributed by atoms with Crippen LogP contribution in [0.3, 0.4) is 0 Å². The quantitative estimate of drug-likeness (QED) is 0.669. The average molecular weight is 207 g/mol. The zero-order valence-corrected chi connectivity index (χ0v) is 8.64. The fraction of sp³-hybridized carbons (Fsp3) is 0.714. The minimum Gasteiger partial charge on any atom is -0.467 e. The minimum atomic E-state index is -0.646. The molecule has 13 heavy (non-hydrogen) atoms. The summed E-state index contributed by atoms with van der Waals surface area (Å²) in [4.78, 5) is 21.8. The predicted molar refractivity (Wildman–Crippen MR) is 49.7 cm³/mol. The average Bonchev–Trinajstić information content (AvgIpc) is 2.15. The number of hydrogen-bond donors (Lipinski definition) is 1. The number of hydrogen-bond acceptors (Lipinski definition) is 5. The molecule has 6 heteroatoms. The molecular formula is C7H13NO4S. The molecule has 0 heterocycles. The Balaban J connectivity index is 4.08. The number of amides is 1. The Morgan fingerprint density at radius 3 is 2.38 bits per heavy atom. The third kappa shape index (κ3) is 4.62. The lowest BCUT2D eigenvalue weighted by molar-refractivity contribution is -0.142. The molecule has 0 aromatic carbocycles. The summed E-state index contributed by atoms with van der Waals surface area (Å²) in [6.45, 7) is 0. The number of carbonyl (C=O) groups excluding carboxylic acids is 2. The van der Waals surface area contributed by atoms with Crippen molar-refractivity contribution in [1.29, 1.82) is 0 Å². The largest absolute Gasteiger partial charge is 0.467 e. The molecule has 5 nitrogen and oxygen atoms in total. The van der Waals surface area contributed by atoms with Gasteiger partial charge in [0, 0.05) is 5.75 Å². The fourth-order valence-electron chi connectivity index (χ4n) is 0.679. The van der Waals surface area contributed by atoms with Crippen LogP contribution in [-0.2, 0) is 14.3 Å².